The van der Waals surface area contributed by atoms with Crippen molar-refractivity contribution in [3.63, 3.8) is 0 Å². The van der Waals surface area contributed by atoms with E-state index in [-0.39, 0.29) is 5.54 Å². The number of nitrogens with zero attached hydrogens (tertiary/aromatic N) is 4. The summed E-state index contributed by atoms with van der Waals surface area (Å²) in [5.41, 5.74) is 9.47. The molecule has 0 amide bonds. The van der Waals surface area contributed by atoms with Gasteiger partial charge in [-0.3, -0.25) is 0 Å². The molecule has 3 rings (SSSR count). The smallest absolute Gasteiger partial charge is 0.166 e. The van der Waals surface area contributed by atoms with E-state index in [0.717, 1.165) is 23.2 Å². The van der Waals surface area contributed by atoms with E-state index in [4.69, 9.17) is 23.1 Å². The zero-order chi connectivity index (χ0) is 19.6. The Hall–Kier alpha value is -2.74. The number of nitrogen functional groups attached to an aromatic ring is 1. The van der Waals surface area contributed by atoms with Crippen LogP contribution >= 0.6 is 12.2 Å². The second kappa shape index (κ2) is 7.48. The summed E-state index contributed by atoms with van der Waals surface area (Å²) < 4.78 is 1.90. The Kier molecular flexibility index (Phi) is 5.27. The highest BCUT2D eigenvalue weighted by atomic mass is 32.1. The van der Waals surface area contributed by atoms with Crippen LogP contribution in [0.25, 0.3) is 22.3 Å². The molecule has 0 atom stereocenters. The van der Waals surface area contributed by atoms with Gasteiger partial charge in [-0.25, -0.2) is 14.6 Å². The molecule has 7 nitrogen and oxygen atoms in total. The van der Waals surface area contributed by atoms with Crippen molar-refractivity contribution in [1.82, 2.24) is 30.4 Å². The largest absolute Gasteiger partial charge is 0.383 e. The number of hydrogen-bond donors (Lipinski definition) is 3. The Morgan fingerprint density at radius 1 is 1.19 bits per heavy atom. The van der Waals surface area contributed by atoms with Crippen LogP contribution in [-0.4, -0.2) is 38.0 Å². The lowest BCUT2D eigenvalue weighted by Crippen LogP contribution is -2.45. The Labute approximate surface area is 164 Å². The fourth-order valence-electron chi connectivity index (χ4n) is 2.90. The summed E-state index contributed by atoms with van der Waals surface area (Å²) in [6, 6.07) is 8.20. The summed E-state index contributed by atoms with van der Waals surface area (Å²) >= 11 is 5.28. The molecule has 0 aliphatic rings. The van der Waals surface area contributed by atoms with Crippen molar-refractivity contribution in [3.8, 4) is 11.3 Å². The Balaban J connectivity index is 2.07. The van der Waals surface area contributed by atoms with Crippen LogP contribution in [0.5, 0.6) is 0 Å². The Bertz CT molecular complexity index is 960. The highest BCUT2D eigenvalue weighted by Crippen LogP contribution is 2.32. The molecule has 2 heterocycles. The van der Waals surface area contributed by atoms with Crippen LogP contribution in [0.3, 0.4) is 0 Å². The third-order valence-corrected chi connectivity index (χ3v) is 4.70. The van der Waals surface area contributed by atoms with Gasteiger partial charge in [0, 0.05) is 18.7 Å². The quantitative estimate of drug-likeness (QED) is 0.583. The number of aryl methyl sites for hydroxylation is 1. The highest BCUT2D eigenvalue weighted by molar-refractivity contribution is 7.80. The second-order valence-corrected chi connectivity index (χ2v) is 7.52. The van der Waals surface area contributed by atoms with E-state index in [2.05, 4.69) is 53.5 Å². The Morgan fingerprint density at radius 2 is 1.89 bits per heavy atom. The van der Waals surface area contributed by atoms with Crippen LogP contribution < -0.4 is 16.4 Å². The number of rotatable bonds is 5. The fraction of sp³-hybridized carbons (Fsp3) is 0.368. The van der Waals surface area contributed by atoms with Crippen molar-refractivity contribution in [2.45, 2.75) is 33.2 Å². The maximum atomic E-state index is 6.19. The molecule has 0 aliphatic heterocycles. The van der Waals surface area contributed by atoms with Crippen molar-refractivity contribution in [2.75, 3.05) is 18.8 Å². The van der Waals surface area contributed by atoms with Crippen molar-refractivity contribution in [2.24, 2.45) is 0 Å². The minimum atomic E-state index is -0.387. The number of fused-ring (bicyclic) bond motifs is 1. The predicted octanol–water partition coefficient (Wildman–Crippen LogP) is 2.60. The molecular formula is C19H25N7S. The molecule has 3 aromatic rings. The molecule has 8 heteroatoms. The zero-order valence-electron chi connectivity index (χ0n) is 16.1. The molecule has 0 bridgehead atoms. The van der Waals surface area contributed by atoms with Crippen LogP contribution in [-0.2, 0) is 5.54 Å². The van der Waals surface area contributed by atoms with E-state index >= 15 is 0 Å². The third kappa shape index (κ3) is 3.85. The lowest BCUT2D eigenvalue weighted by atomic mass is 10.1. The van der Waals surface area contributed by atoms with Gasteiger partial charge in [0.05, 0.1) is 10.9 Å². The van der Waals surface area contributed by atoms with Crippen LogP contribution in [0.1, 0.15) is 26.3 Å². The average molecular weight is 384 g/mol. The molecule has 2 aromatic heterocycles. The molecule has 0 radical (unpaired) electrons. The minimum Gasteiger partial charge on any atom is -0.383 e. The molecule has 27 heavy (non-hydrogen) atoms. The van der Waals surface area contributed by atoms with E-state index < -0.39 is 0 Å². The average Bonchev–Trinajstić information content (AvgIpc) is 3.03. The molecule has 4 N–H and O–H groups in total. The summed E-state index contributed by atoms with van der Waals surface area (Å²) in [5, 5.41) is 12.6. The molecule has 0 fully saturated rings. The number of nitrogens with one attached hydrogen (secondary N) is 2. The van der Waals surface area contributed by atoms with Crippen molar-refractivity contribution >= 4 is 34.2 Å². The number of aromatic nitrogens is 4. The summed E-state index contributed by atoms with van der Waals surface area (Å²) in [4.78, 5) is 8.64. The number of nitrogens with two attached hydrogens (primary N) is 1. The molecule has 1 aromatic carbocycles. The SMILES string of the molecule is CCNC(=S)NCC(C)(C)n1nc(-c2ccc(C)cc2)c2c(N)ncnc21. The monoisotopic (exact) mass is 383 g/mol. The summed E-state index contributed by atoms with van der Waals surface area (Å²) in [6.45, 7) is 9.59. The molecule has 142 valence electrons. The number of anilines is 1. The summed E-state index contributed by atoms with van der Waals surface area (Å²) in [7, 11) is 0. The molecule has 0 saturated heterocycles. The van der Waals surface area contributed by atoms with Crippen LogP contribution in [0.2, 0.25) is 0 Å². The molecule has 0 spiro atoms. The standard InChI is InChI=1S/C19H25N7S/c1-5-21-18(27)22-10-19(3,4)26-17-14(16(20)23-11-24-17)15(25-26)13-8-6-12(2)7-9-13/h6-9,11H,5,10H2,1-4H3,(H2,20,23,24)(H2,21,22,27). The normalized spacial score (nSPS) is 11.6. The summed E-state index contributed by atoms with van der Waals surface area (Å²) in [6.07, 6.45) is 1.47. The first-order chi connectivity index (χ1) is 12.8. The van der Waals surface area contributed by atoms with Crippen molar-refractivity contribution in [1.29, 1.82) is 0 Å². The van der Waals surface area contributed by atoms with Gasteiger partial charge >= 0.3 is 0 Å². The maximum absolute atomic E-state index is 6.19. The van der Waals surface area contributed by atoms with Gasteiger partial charge < -0.3 is 16.4 Å². The van der Waals surface area contributed by atoms with Gasteiger partial charge in [0.25, 0.3) is 0 Å². The zero-order valence-corrected chi connectivity index (χ0v) is 16.9. The molecule has 0 unspecified atom stereocenters. The van der Waals surface area contributed by atoms with Gasteiger partial charge in [-0.2, -0.15) is 5.10 Å². The topological polar surface area (TPSA) is 93.7 Å². The van der Waals surface area contributed by atoms with Gasteiger partial charge in [-0.15, -0.1) is 0 Å². The molecule has 0 aliphatic carbocycles. The predicted molar refractivity (Wildman–Crippen MR) is 114 cm³/mol. The Morgan fingerprint density at radius 3 is 2.56 bits per heavy atom. The van der Waals surface area contributed by atoms with E-state index in [0.29, 0.717) is 23.1 Å². The third-order valence-electron chi connectivity index (χ3n) is 4.41. The van der Waals surface area contributed by atoms with E-state index in [1.165, 1.54) is 11.9 Å². The first kappa shape index (κ1) is 19.0. The van der Waals surface area contributed by atoms with Gasteiger partial charge in [0.15, 0.2) is 10.8 Å². The van der Waals surface area contributed by atoms with E-state index in [1.54, 1.807) is 0 Å². The lowest BCUT2D eigenvalue weighted by Gasteiger charge is -2.27. The highest BCUT2D eigenvalue weighted by Gasteiger charge is 2.27. The first-order valence-corrected chi connectivity index (χ1v) is 9.32. The first-order valence-electron chi connectivity index (χ1n) is 8.92. The summed E-state index contributed by atoms with van der Waals surface area (Å²) in [5.74, 6) is 0.425. The number of benzene rings is 1. The van der Waals surface area contributed by atoms with Crippen molar-refractivity contribution < 1.29 is 0 Å². The second-order valence-electron chi connectivity index (χ2n) is 7.11. The van der Waals surface area contributed by atoms with Gasteiger partial charge in [-0.1, -0.05) is 29.8 Å². The minimum absolute atomic E-state index is 0.387. The maximum Gasteiger partial charge on any atom is 0.166 e. The number of thiocarbonyl (C=S) groups is 1. The van der Waals surface area contributed by atoms with E-state index in [1.807, 2.05) is 23.7 Å². The lowest BCUT2D eigenvalue weighted by molar-refractivity contribution is 0.327. The van der Waals surface area contributed by atoms with Gasteiger partial charge in [0.1, 0.15) is 17.8 Å². The van der Waals surface area contributed by atoms with Crippen LogP contribution in [0, 0.1) is 6.92 Å². The van der Waals surface area contributed by atoms with Crippen LogP contribution in [0.15, 0.2) is 30.6 Å². The molecular weight excluding hydrogens is 358 g/mol. The van der Waals surface area contributed by atoms with Gasteiger partial charge in [-0.05, 0) is 39.9 Å². The van der Waals surface area contributed by atoms with Gasteiger partial charge in [0.2, 0.25) is 0 Å². The fourth-order valence-corrected chi connectivity index (χ4v) is 3.12. The molecule has 0 saturated carbocycles. The van der Waals surface area contributed by atoms with Crippen LogP contribution in [0.4, 0.5) is 5.82 Å². The van der Waals surface area contributed by atoms with E-state index in [9.17, 15) is 0 Å². The van der Waals surface area contributed by atoms with Crippen molar-refractivity contribution in [3.05, 3.63) is 36.2 Å². The number of hydrogen-bond acceptors (Lipinski definition) is 5.